The van der Waals surface area contributed by atoms with Crippen molar-refractivity contribution < 1.29 is 13.5 Å². The molecule has 1 saturated heterocycles. The lowest BCUT2D eigenvalue weighted by molar-refractivity contribution is 0.168. The Morgan fingerprint density at radius 2 is 2.08 bits per heavy atom. The van der Waals surface area contributed by atoms with Crippen molar-refractivity contribution in [2.45, 2.75) is 25.9 Å². The molecule has 24 heavy (non-hydrogen) atoms. The minimum Gasteiger partial charge on any atom is -0.388 e. The van der Waals surface area contributed by atoms with Crippen LogP contribution in [0.3, 0.4) is 0 Å². The van der Waals surface area contributed by atoms with Crippen LogP contribution in [-0.4, -0.2) is 50.6 Å². The Labute approximate surface area is 144 Å². The third kappa shape index (κ3) is 6.13. The number of aliphatic hydroxyl groups excluding tert-OH is 1. The van der Waals surface area contributed by atoms with Crippen LogP contribution in [0.5, 0.6) is 0 Å². The fourth-order valence-corrected chi connectivity index (χ4v) is 4.60. The molecule has 2 rings (SSSR count). The van der Waals surface area contributed by atoms with E-state index in [9.17, 15) is 13.5 Å². The van der Waals surface area contributed by atoms with Gasteiger partial charge in [0.2, 0.25) is 0 Å². The second-order valence-electron chi connectivity index (χ2n) is 6.13. The van der Waals surface area contributed by atoms with Gasteiger partial charge in [0.25, 0.3) is 0 Å². The molecule has 7 heteroatoms. The van der Waals surface area contributed by atoms with Gasteiger partial charge in [0.15, 0.2) is 15.8 Å². The van der Waals surface area contributed by atoms with E-state index in [1.807, 2.05) is 37.3 Å². The molecule has 0 aromatic heterocycles. The first-order valence-corrected chi connectivity index (χ1v) is 10.3. The molecule has 0 amide bonds. The van der Waals surface area contributed by atoms with Crippen LogP contribution in [0, 0.1) is 5.92 Å². The molecule has 1 aliphatic heterocycles. The lowest BCUT2D eigenvalue weighted by Gasteiger charge is -2.15. The molecule has 6 nitrogen and oxygen atoms in total. The van der Waals surface area contributed by atoms with E-state index in [-0.39, 0.29) is 17.4 Å². The van der Waals surface area contributed by atoms with Crippen molar-refractivity contribution in [3.63, 3.8) is 0 Å². The van der Waals surface area contributed by atoms with Gasteiger partial charge < -0.3 is 15.7 Å². The number of hydrogen-bond acceptors (Lipinski definition) is 4. The fraction of sp³-hybridized carbons (Fsp3) is 0.588. The molecule has 2 unspecified atom stereocenters. The molecule has 0 radical (unpaired) electrons. The molecule has 0 bridgehead atoms. The number of hydrogen-bond donors (Lipinski definition) is 3. The number of rotatable bonds is 7. The summed E-state index contributed by atoms with van der Waals surface area (Å²) in [7, 11) is -2.86. The van der Waals surface area contributed by atoms with E-state index in [0.29, 0.717) is 31.9 Å². The summed E-state index contributed by atoms with van der Waals surface area (Å²) in [4.78, 5) is 4.48. The highest BCUT2D eigenvalue weighted by Crippen LogP contribution is 2.18. The predicted octanol–water partition coefficient (Wildman–Crippen LogP) is 1.10. The lowest BCUT2D eigenvalue weighted by atomic mass is 10.1. The van der Waals surface area contributed by atoms with Crippen molar-refractivity contribution in [3.05, 3.63) is 35.9 Å². The maximum absolute atomic E-state index is 11.5. The van der Waals surface area contributed by atoms with E-state index < -0.39 is 15.9 Å². The summed E-state index contributed by atoms with van der Waals surface area (Å²) in [5, 5.41) is 16.5. The molecular formula is C17H27N3O3S. The summed E-state index contributed by atoms with van der Waals surface area (Å²) >= 11 is 0. The first-order chi connectivity index (χ1) is 11.5. The molecule has 1 aromatic rings. The zero-order chi connectivity index (χ0) is 17.4. The van der Waals surface area contributed by atoms with Gasteiger partial charge in [0, 0.05) is 19.6 Å². The summed E-state index contributed by atoms with van der Waals surface area (Å²) in [5.74, 6) is 1.30. The van der Waals surface area contributed by atoms with Gasteiger partial charge in [-0.25, -0.2) is 8.42 Å². The highest BCUT2D eigenvalue weighted by molar-refractivity contribution is 7.91. The summed E-state index contributed by atoms with van der Waals surface area (Å²) in [6.45, 7) is 3.81. The van der Waals surface area contributed by atoms with E-state index in [1.165, 1.54) is 0 Å². The Hall–Kier alpha value is -1.60. The van der Waals surface area contributed by atoms with Crippen molar-refractivity contribution in [1.29, 1.82) is 0 Å². The van der Waals surface area contributed by atoms with Crippen molar-refractivity contribution in [3.8, 4) is 0 Å². The summed E-state index contributed by atoms with van der Waals surface area (Å²) in [6, 6.07) is 9.56. The zero-order valence-corrected chi connectivity index (χ0v) is 14.9. The SMILES string of the molecule is CCNC(=NCC1CCS(=O)(=O)C1)NCCC(O)c1ccccc1. The van der Waals surface area contributed by atoms with Crippen LogP contribution in [0.15, 0.2) is 35.3 Å². The summed E-state index contributed by atoms with van der Waals surface area (Å²) in [6.07, 6.45) is 0.756. The third-order valence-corrected chi connectivity index (χ3v) is 5.91. The summed E-state index contributed by atoms with van der Waals surface area (Å²) in [5.41, 5.74) is 0.900. The van der Waals surface area contributed by atoms with E-state index >= 15 is 0 Å². The first kappa shape index (κ1) is 18.7. The standard InChI is InChI=1S/C17H27N3O3S/c1-2-18-17(20-12-14-9-11-24(22,23)13-14)19-10-8-16(21)15-6-4-3-5-7-15/h3-7,14,16,21H,2,8-13H2,1H3,(H2,18,19,20). The molecule has 3 N–H and O–H groups in total. The second kappa shape index (κ2) is 9.03. The van der Waals surface area contributed by atoms with Gasteiger partial charge >= 0.3 is 0 Å². The second-order valence-corrected chi connectivity index (χ2v) is 8.36. The van der Waals surface area contributed by atoms with Gasteiger partial charge in [-0.3, -0.25) is 4.99 Å². The molecule has 1 aromatic carbocycles. The molecule has 134 valence electrons. The minimum absolute atomic E-state index is 0.111. The highest BCUT2D eigenvalue weighted by Gasteiger charge is 2.27. The van der Waals surface area contributed by atoms with Gasteiger partial charge in [0.1, 0.15) is 0 Å². The summed E-state index contributed by atoms with van der Waals surface area (Å²) < 4.78 is 23.0. The Bertz CT molecular complexity index is 632. The lowest BCUT2D eigenvalue weighted by Crippen LogP contribution is -2.38. The topological polar surface area (TPSA) is 90.8 Å². The van der Waals surface area contributed by atoms with Crippen LogP contribution >= 0.6 is 0 Å². The van der Waals surface area contributed by atoms with Crippen molar-refractivity contribution in [1.82, 2.24) is 10.6 Å². The number of guanidine groups is 1. The average molecular weight is 353 g/mol. The highest BCUT2D eigenvalue weighted by atomic mass is 32.2. The van der Waals surface area contributed by atoms with Crippen LogP contribution in [0.2, 0.25) is 0 Å². The van der Waals surface area contributed by atoms with Gasteiger partial charge in [-0.2, -0.15) is 0 Å². The smallest absolute Gasteiger partial charge is 0.191 e. The predicted molar refractivity (Wildman–Crippen MR) is 96.8 cm³/mol. The third-order valence-electron chi connectivity index (χ3n) is 4.07. The van der Waals surface area contributed by atoms with Crippen LogP contribution in [-0.2, 0) is 9.84 Å². The Morgan fingerprint density at radius 3 is 2.71 bits per heavy atom. The maximum Gasteiger partial charge on any atom is 0.191 e. The van der Waals surface area contributed by atoms with Crippen LogP contribution in [0.1, 0.15) is 31.4 Å². The Morgan fingerprint density at radius 1 is 1.33 bits per heavy atom. The number of sulfone groups is 1. The molecule has 0 aliphatic carbocycles. The average Bonchev–Trinajstić information content (AvgIpc) is 2.92. The number of aliphatic imine (C=N–C) groups is 1. The molecule has 1 heterocycles. The van der Waals surface area contributed by atoms with E-state index in [0.717, 1.165) is 12.1 Å². The monoisotopic (exact) mass is 353 g/mol. The molecule has 0 spiro atoms. The van der Waals surface area contributed by atoms with Gasteiger partial charge in [-0.1, -0.05) is 30.3 Å². The van der Waals surface area contributed by atoms with Gasteiger partial charge in [0.05, 0.1) is 17.6 Å². The van der Waals surface area contributed by atoms with Crippen molar-refractivity contribution in [2.75, 3.05) is 31.1 Å². The molecule has 1 aliphatic rings. The fourth-order valence-electron chi connectivity index (χ4n) is 2.75. The molecule has 1 fully saturated rings. The van der Waals surface area contributed by atoms with Crippen molar-refractivity contribution in [2.24, 2.45) is 10.9 Å². The molecular weight excluding hydrogens is 326 g/mol. The normalized spacial score (nSPS) is 21.4. The van der Waals surface area contributed by atoms with E-state index in [2.05, 4.69) is 15.6 Å². The van der Waals surface area contributed by atoms with Crippen LogP contribution in [0.25, 0.3) is 0 Å². The molecule has 2 atom stereocenters. The first-order valence-electron chi connectivity index (χ1n) is 8.46. The van der Waals surface area contributed by atoms with E-state index in [4.69, 9.17) is 0 Å². The van der Waals surface area contributed by atoms with Crippen LogP contribution in [0.4, 0.5) is 0 Å². The van der Waals surface area contributed by atoms with Crippen molar-refractivity contribution >= 4 is 15.8 Å². The molecule has 0 saturated carbocycles. The quantitative estimate of drug-likeness (QED) is 0.504. The zero-order valence-electron chi connectivity index (χ0n) is 14.1. The number of nitrogens with zero attached hydrogens (tertiary/aromatic N) is 1. The number of aliphatic hydroxyl groups is 1. The Kier molecular flexibility index (Phi) is 7.05. The largest absolute Gasteiger partial charge is 0.388 e. The van der Waals surface area contributed by atoms with Gasteiger partial charge in [-0.05, 0) is 31.2 Å². The minimum atomic E-state index is -2.86. The van der Waals surface area contributed by atoms with Gasteiger partial charge in [-0.15, -0.1) is 0 Å². The number of nitrogens with one attached hydrogen (secondary N) is 2. The van der Waals surface area contributed by atoms with Crippen LogP contribution < -0.4 is 10.6 Å². The maximum atomic E-state index is 11.5. The Balaban J connectivity index is 1.79. The van der Waals surface area contributed by atoms with E-state index in [1.54, 1.807) is 0 Å². The number of benzene rings is 1.